The summed E-state index contributed by atoms with van der Waals surface area (Å²) in [7, 11) is 0. The van der Waals surface area contributed by atoms with Crippen molar-refractivity contribution < 1.29 is 9.59 Å². The van der Waals surface area contributed by atoms with Crippen LogP contribution in [0.3, 0.4) is 0 Å². The summed E-state index contributed by atoms with van der Waals surface area (Å²) < 4.78 is 0. The summed E-state index contributed by atoms with van der Waals surface area (Å²) >= 11 is 0. The molecule has 2 amide bonds. The quantitative estimate of drug-likeness (QED) is 0.529. The van der Waals surface area contributed by atoms with Gasteiger partial charge < -0.3 is 0 Å². The minimum absolute atomic E-state index is 0.0252. The van der Waals surface area contributed by atoms with E-state index in [9.17, 15) is 9.59 Å². The van der Waals surface area contributed by atoms with Crippen LogP contribution in [0.5, 0.6) is 0 Å². The Hall–Kier alpha value is -0.860. The van der Waals surface area contributed by atoms with Crippen LogP contribution in [-0.4, -0.2) is 11.8 Å². The molecule has 0 radical (unpaired) electrons. The fourth-order valence-corrected chi connectivity index (χ4v) is 2.87. The van der Waals surface area contributed by atoms with E-state index in [4.69, 9.17) is 0 Å². The maximum atomic E-state index is 11.5. The Kier molecular flexibility index (Phi) is 3.08. The maximum Gasteiger partial charge on any atom is 0.230 e. The molecule has 1 aliphatic heterocycles. The molecule has 3 nitrogen and oxygen atoms in total. The lowest BCUT2D eigenvalue weighted by Crippen LogP contribution is -2.26. The third kappa shape index (κ3) is 2.39. The van der Waals surface area contributed by atoms with Gasteiger partial charge in [0.05, 0.1) is 0 Å². The number of nitrogens with one attached hydrogen (secondary N) is 1. The molecule has 2 aliphatic rings. The number of hydrogen-bond acceptors (Lipinski definition) is 2. The lowest BCUT2D eigenvalue weighted by Gasteiger charge is -2.18. The Morgan fingerprint density at radius 3 is 2.60 bits per heavy atom. The summed E-state index contributed by atoms with van der Waals surface area (Å²) in [5.41, 5.74) is 0. The van der Waals surface area contributed by atoms with Gasteiger partial charge in [-0.3, -0.25) is 14.9 Å². The Bertz CT molecular complexity index is 275. The van der Waals surface area contributed by atoms with Crippen molar-refractivity contribution >= 4 is 11.8 Å². The second kappa shape index (κ2) is 4.33. The fourth-order valence-electron chi connectivity index (χ4n) is 2.87. The normalized spacial score (nSPS) is 37.5. The van der Waals surface area contributed by atoms with Crippen LogP contribution < -0.4 is 5.32 Å². The van der Waals surface area contributed by atoms with E-state index in [0.29, 0.717) is 12.3 Å². The zero-order chi connectivity index (χ0) is 10.8. The van der Waals surface area contributed by atoms with Crippen LogP contribution in [-0.2, 0) is 9.59 Å². The standard InChI is InChI=1S/C12H19NO2/c1-8-3-2-4-9(6-5-8)10-7-11(14)13-12(10)15/h8-10H,2-7H2,1H3,(H,13,14,15). The highest BCUT2D eigenvalue weighted by molar-refractivity contribution is 6.03. The molecule has 0 bridgehead atoms. The van der Waals surface area contributed by atoms with Crippen molar-refractivity contribution in [1.29, 1.82) is 0 Å². The number of rotatable bonds is 1. The largest absolute Gasteiger partial charge is 0.296 e. The van der Waals surface area contributed by atoms with Crippen LogP contribution in [0.15, 0.2) is 0 Å². The Morgan fingerprint density at radius 2 is 1.93 bits per heavy atom. The zero-order valence-electron chi connectivity index (χ0n) is 9.29. The molecular formula is C12H19NO2. The number of hydrogen-bond donors (Lipinski definition) is 1. The molecule has 1 saturated heterocycles. The first-order chi connectivity index (χ1) is 7.16. The van der Waals surface area contributed by atoms with Crippen molar-refractivity contribution in [3.05, 3.63) is 0 Å². The fraction of sp³-hybridized carbons (Fsp3) is 0.833. The molecule has 3 heteroatoms. The number of imide groups is 1. The Morgan fingerprint density at radius 1 is 1.13 bits per heavy atom. The van der Waals surface area contributed by atoms with E-state index in [0.717, 1.165) is 18.8 Å². The molecule has 0 spiro atoms. The van der Waals surface area contributed by atoms with Crippen LogP contribution >= 0.6 is 0 Å². The molecule has 3 atom stereocenters. The Balaban J connectivity index is 1.98. The number of carbonyl (C=O) groups is 2. The summed E-state index contributed by atoms with van der Waals surface area (Å²) in [5, 5.41) is 2.42. The van der Waals surface area contributed by atoms with Crippen LogP contribution in [0.1, 0.15) is 45.4 Å². The van der Waals surface area contributed by atoms with E-state index in [2.05, 4.69) is 12.2 Å². The van der Waals surface area contributed by atoms with Crippen molar-refractivity contribution in [3.8, 4) is 0 Å². The molecule has 0 aromatic heterocycles. The lowest BCUT2D eigenvalue weighted by molar-refractivity contribution is -0.126. The van der Waals surface area contributed by atoms with Gasteiger partial charge in [-0.05, 0) is 24.7 Å². The number of amides is 2. The molecule has 0 aromatic carbocycles. The monoisotopic (exact) mass is 209 g/mol. The van der Waals surface area contributed by atoms with Gasteiger partial charge in [-0.15, -0.1) is 0 Å². The highest BCUT2D eigenvalue weighted by Crippen LogP contribution is 2.34. The van der Waals surface area contributed by atoms with Gasteiger partial charge in [0.1, 0.15) is 0 Å². The van der Waals surface area contributed by atoms with E-state index >= 15 is 0 Å². The summed E-state index contributed by atoms with van der Waals surface area (Å²) in [6.45, 7) is 2.28. The van der Waals surface area contributed by atoms with Crippen molar-refractivity contribution in [2.75, 3.05) is 0 Å². The molecule has 3 unspecified atom stereocenters. The van der Waals surface area contributed by atoms with E-state index in [1.807, 2.05) is 0 Å². The van der Waals surface area contributed by atoms with Crippen LogP contribution in [0.4, 0.5) is 0 Å². The van der Waals surface area contributed by atoms with E-state index in [1.54, 1.807) is 0 Å². The summed E-state index contributed by atoms with van der Waals surface area (Å²) in [5.74, 6) is 1.10. The van der Waals surface area contributed by atoms with Gasteiger partial charge >= 0.3 is 0 Å². The predicted octanol–water partition coefficient (Wildman–Crippen LogP) is 1.87. The zero-order valence-corrected chi connectivity index (χ0v) is 9.29. The van der Waals surface area contributed by atoms with Crippen molar-refractivity contribution in [3.63, 3.8) is 0 Å². The van der Waals surface area contributed by atoms with E-state index in [-0.39, 0.29) is 17.7 Å². The summed E-state index contributed by atoms with van der Waals surface area (Å²) in [6, 6.07) is 0. The molecule has 0 aromatic rings. The Labute approximate surface area is 90.6 Å². The lowest BCUT2D eigenvalue weighted by atomic mass is 9.85. The minimum atomic E-state index is -0.0812. The summed E-state index contributed by atoms with van der Waals surface area (Å²) in [6.07, 6.45) is 6.37. The molecule has 15 heavy (non-hydrogen) atoms. The SMILES string of the molecule is CC1CCCC(C2CC(=O)NC2=O)CC1. The van der Waals surface area contributed by atoms with Gasteiger partial charge in [-0.25, -0.2) is 0 Å². The van der Waals surface area contributed by atoms with Gasteiger partial charge in [0.25, 0.3) is 0 Å². The molecule has 1 heterocycles. The second-order valence-corrected chi connectivity index (χ2v) is 5.10. The molecular weight excluding hydrogens is 190 g/mol. The third-order valence-corrected chi connectivity index (χ3v) is 3.88. The molecule has 84 valence electrons. The van der Waals surface area contributed by atoms with Gasteiger partial charge in [-0.1, -0.05) is 26.2 Å². The van der Waals surface area contributed by atoms with Gasteiger partial charge in [0.15, 0.2) is 0 Å². The van der Waals surface area contributed by atoms with Crippen molar-refractivity contribution in [1.82, 2.24) is 5.32 Å². The molecule has 1 N–H and O–H groups in total. The van der Waals surface area contributed by atoms with Gasteiger partial charge in [0.2, 0.25) is 11.8 Å². The topological polar surface area (TPSA) is 46.2 Å². The molecule has 2 rings (SSSR count). The van der Waals surface area contributed by atoms with Crippen molar-refractivity contribution in [2.45, 2.75) is 45.4 Å². The van der Waals surface area contributed by atoms with Gasteiger partial charge in [0, 0.05) is 12.3 Å². The predicted molar refractivity (Wildman–Crippen MR) is 57.0 cm³/mol. The first-order valence-electron chi connectivity index (χ1n) is 6.00. The third-order valence-electron chi connectivity index (χ3n) is 3.88. The highest BCUT2D eigenvalue weighted by atomic mass is 16.2. The minimum Gasteiger partial charge on any atom is -0.296 e. The molecule has 2 fully saturated rings. The highest BCUT2D eigenvalue weighted by Gasteiger charge is 2.36. The molecule has 1 saturated carbocycles. The van der Waals surface area contributed by atoms with Crippen LogP contribution in [0, 0.1) is 17.8 Å². The average Bonchev–Trinajstić information content (AvgIpc) is 2.39. The smallest absolute Gasteiger partial charge is 0.230 e. The van der Waals surface area contributed by atoms with E-state index < -0.39 is 0 Å². The van der Waals surface area contributed by atoms with Gasteiger partial charge in [-0.2, -0.15) is 0 Å². The van der Waals surface area contributed by atoms with Crippen LogP contribution in [0.2, 0.25) is 0 Å². The van der Waals surface area contributed by atoms with E-state index in [1.165, 1.54) is 19.3 Å². The first-order valence-corrected chi connectivity index (χ1v) is 6.00. The second-order valence-electron chi connectivity index (χ2n) is 5.10. The average molecular weight is 209 g/mol. The molecule has 1 aliphatic carbocycles. The van der Waals surface area contributed by atoms with Crippen LogP contribution in [0.25, 0.3) is 0 Å². The maximum absolute atomic E-state index is 11.5. The number of carbonyl (C=O) groups excluding carboxylic acids is 2. The summed E-state index contributed by atoms with van der Waals surface area (Å²) in [4.78, 5) is 22.7. The van der Waals surface area contributed by atoms with Crippen molar-refractivity contribution in [2.24, 2.45) is 17.8 Å². The first kappa shape index (κ1) is 10.7.